The predicted molar refractivity (Wildman–Crippen MR) is 72.9 cm³/mol. The fourth-order valence-electron chi connectivity index (χ4n) is 2.12. The van der Waals surface area contributed by atoms with Crippen molar-refractivity contribution in [1.82, 2.24) is 9.99 Å². The van der Waals surface area contributed by atoms with Crippen LogP contribution >= 0.6 is 0 Å². The quantitative estimate of drug-likeness (QED) is 0.866. The maximum absolute atomic E-state index is 12.9. The lowest BCUT2D eigenvalue weighted by atomic mass is 9.80. The largest absolute Gasteiger partial charge is 0.431 e. The SMILES string of the molecule is CC(C)(C)C1(O)CC(C(F)(F)F)=NN1C(=O)c1ccncc1. The van der Waals surface area contributed by atoms with E-state index < -0.39 is 35.4 Å². The highest BCUT2D eigenvalue weighted by atomic mass is 19.4. The summed E-state index contributed by atoms with van der Waals surface area (Å²) in [6, 6.07) is 2.71. The number of rotatable bonds is 1. The lowest BCUT2D eigenvalue weighted by molar-refractivity contribution is -0.144. The number of halogens is 3. The minimum absolute atomic E-state index is 0.102. The number of carbonyl (C=O) groups excluding carboxylic acids is 1. The van der Waals surface area contributed by atoms with Gasteiger partial charge in [-0.15, -0.1) is 0 Å². The maximum Gasteiger partial charge on any atom is 0.431 e. The molecule has 0 aliphatic carbocycles. The van der Waals surface area contributed by atoms with Crippen LogP contribution in [0.5, 0.6) is 0 Å². The van der Waals surface area contributed by atoms with Gasteiger partial charge in [0.15, 0.2) is 5.72 Å². The summed E-state index contributed by atoms with van der Waals surface area (Å²) in [5, 5.41) is 14.6. The van der Waals surface area contributed by atoms with Crippen molar-refractivity contribution in [3.8, 4) is 0 Å². The Labute approximate surface area is 125 Å². The van der Waals surface area contributed by atoms with Gasteiger partial charge in [0, 0.05) is 29.8 Å². The van der Waals surface area contributed by atoms with Crippen molar-refractivity contribution in [1.29, 1.82) is 0 Å². The van der Waals surface area contributed by atoms with Gasteiger partial charge < -0.3 is 5.11 Å². The number of pyridine rings is 1. The van der Waals surface area contributed by atoms with Gasteiger partial charge in [-0.25, -0.2) is 0 Å². The van der Waals surface area contributed by atoms with Crippen LogP contribution in [0.1, 0.15) is 37.6 Å². The number of aliphatic hydroxyl groups is 1. The van der Waals surface area contributed by atoms with Gasteiger partial charge in [-0.3, -0.25) is 9.78 Å². The number of hydrazone groups is 1. The van der Waals surface area contributed by atoms with Gasteiger partial charge in [0.2, 0.25) is 0 Å². The Bertz CT molecular complexity index is 608. The third kappa shape index (κ3) is 2.70. The van der Waals surface area contributed by atoms with E-state index >= 15 is 0 Å². The summed E-state index contributed by atoms with van der Waals surface area (Å²) in [6.07, 6.45) is -2.79. The van der Waals surface area contributed by atoms with Crippen molar-refractivity contribution in [2.45, 2.75) is 39.1 Å². The number of aromatic nitrogens is 1. The predicted octanol–water partition coefficient (Wildman–Crippen LogP) is 2.58. The maximum atomic E-state index is 12.9. The van der Waals surface area contributed by atoms with Crippen molar-refractivity contribution < 1.29 is 23.1 Å². The monoisotopic (exact) mass is 315 g/mol. The first-order chi connectivity index (χ1) is 9.97. The molecule has 1 atom stereocenters. The fraction of sp³-hybridized carbons (Fsp3) is 0.500. The van der Waals surface area contributed by atoms with Gasteiger partial charge in [0.25, 0.3) is 5.91 Å². The number of hydrogen-bond donors (Lipinski definition) is 1. The summed E-state index contributed by atoms with van der Waals surface area (Å²) in [6.45, 7) is 4.65. The summed E-state index contributed by atoms with van der Waals surface area (Å²) in [5.41, 5.74) is -4.15. The molecule has 5 nitrogen and oxygen atoms in total. The number of alkyl halides is 3. The number of nitrogens with zero attached hydrogens (tertiary/aromatic N) is 3. The Morgan fingerprint density at radius 1 is 1.27 bits per heavy atom. The van der Waals surface area contributed by atoms with Gasteiger partial charge in [-0.05, 0) is 12.1 Å². The van der Waals surface area contributed by atoms with Crippen LogP contribution in [0.15, 0.2) is 29.6 Å². The number of hydrogen-bond acceptors (Lipinski definition) is 4. The zero-order valence-corrected chi connectivity index (χ0v) is 12.3. The summed E-state index contributed by atoms with van der Waals surface area (Å²) in [5.74, 6) is -0.806. The molecule has 120 valence electrons. The molecule has 1 aliphatic heterocycles. The standard InChI is InChI=1S/C14H16F3N3O2/c1-12(2,3)13(22)8-10(14(15,16)17)19-20(13)11(21)9-4-6-18-7-5-9/h4-7,22H,8H2,1-3H3. The lowest BCUT2D eigenvalue weighted by Gasteiger charge is -2.41. The molecular formula is C14H16F3N3O2. The van der Waals surface area contributed by atoms with Crippen LogP contribution in [-0.2, 0) is 0 Å². The highest BCUT2D eigenvalue weighted by Gasteiger charge is 2.57. The van der Waals surface area contributed by atoms with Crippen LogP contribution in [0, 0.1) is 5.41 Å². The first-order valence-corrected chi connectivity index (χ1v) is 6.58. The summed E-state index contributed by atoms with van der Waals surface area (Å²) in [7, 11) is 0. The van der Waals surface area contributed by atoms with Crippen LogP contribution in [0.2, 0.25) is 0 Å². The van der Waals surface area contributed by atoms with Crippen molar-refractivity contribution >= 4 is 11.6 Å². The molecule has 1 aromatic rings. The average Bonchev–Trinajstić information content (AvgIpc) is 2.78. The summed E-state index contributed by atoms with van der Waals surface area (Å²) >= 11 is 0. The number of amides is 1. The molecule has 22 heavy (non-hydrogen) atoms. The minimum atomic E-state index is -4.70. The molecule has 2 rings (SSSR count). The van der Waals surface area contributed by atoms with Crippen LogP contribution < -0.4 is 0 Å². The fourth-order valence-corrected chi connectivity index (χ4v) is 2.12. The second-order valence-corrected chi connectivity index (χ2v) is 6.14. The smallest absolute Gasteiger partial charge is 0.368 e. The van der Waals surface area contributed by atoms with Crippen LogP contribution in [-0.4, -0.2) is 38.6 Å². The third-order valence-electron chi connectivity index (χ3n) is 3.63. The van der Waals surface area contributed by atoms with E-state index in [1.165, 1.54) is 24.5 Å². The Kier molecular flexibility index (Phi) is 3.76. The normalized spacial score (nSPS) is 22.7. The first kappa shape index (κ1) is 16.4. The third-order valence-corrected chi connectivity index (χ3v) is 3.63. The zero-order chi connectivity index (χ0) is 16.8. The van der Waals surface area contributed by atoms with Crippen LogP contribution in [0.3, 0.4) is 0 Å². The van der Waals surface area contributed by atoms with Gasteiger partial charge >= 0.3 is 6.18 Å². The molecule has 0 bridgehead atoms. The molecule has 2 heterocycles. The van der Waals surface area contributed by atoms with Gasteiger partial charge in [-0.1, -0.05) is 20.8 Å². The number of carbonyl (C=O) groups is 1. The summed E-state index contributed by atoms with van der Waals surface area (Å²) < 4.78 is 38.8. The zero-order valence-electron chi connectivity index (χ0n) is 12.3. The highest BCUT2D eigenvalue weighted by molar-refractivity contribution is 5.99. The van der Waals surface area contributed by atoms with Crippen molar-refractivity contribution in [2.75, 3.05) is 0 Å². The van der Waals surface area contributed by atoms with E-state index in [0.29, 0.717) is 5.01 Å². The van der Waals surface area contributed by atoms with Crippen molar-refractivity contribution in [3.05, 3.63) is 30.1 Å². The van der Waals surface area contributed by atoms with Crippen molar-refractivity contribution in [3.63, 3.8) is 0 Å². The summed E-state index contributed by atoms with van der Waals surface area (Å²) in [4.78, 5) is 16.2. The first-order valence-electron chi connectivity index (χ1n) is 6.58. The minimum Gasteiger partial charge on any atom is -0.368 e. The molecule has 1 amide bonds. The Morgan fingerprint density at radius 3 is 2.27 bits per heavy atom. The van der Waals surface area contributed by atoms with Crippen LogP contribution in [0.4, 0.5) is 13.2 Å². The molecule has 8 heteroatoms. The van der Waals surface area contributed by atoms with Crippen molar-refractivity contribution in [2.24, 2.45) is 10.5 Å². The van der Waals surface area contributed by atoms with E-state index in [1.54, 1.807) is 20.8 Å². The Morgan fingerprint density at radius 2 is 1.82 bits per heavy atom. The molecule has 0 radical (unpaired) electrons. The Hall–Kier alpha value is -1.96. The van der Waals surface area contributed by atoms with E-state index in [4.69, 9.17) is 0 Å². The van der Waals surface area contributed by atoms with E-state index in [1.807, 2.05) is 0 Å². The van der Waals surface area contributed by atoms with Gasteiger partial charge in [-0.2, -0.15) is 23.3 Å². The molecular weight excluding hydrogens is 299 g/mol. The van der Waals surface area contributed by atoms with E-state index in [9.17, 15) is 23.1 Å². The highest BCUT2D eigenvalue weighted by Crippen LogP contribution is 2.43. The molecule has 1 unspecified atom stereocenters. The lowest BCUT2D eigenvalue weighted by Crippen LogP contribution is -2.55. The van der Waals surface area contributed by atoms with E-state index in [0.717, 1.165) is 0 Å². The molecule has 1 aromatic heterocycles. The molecule has 1 N–H and O–H groups in total. The Balaban J connectivity index is 2.48. The molecule has 0 spiro atoms. The van der Waals surface area contributed by atoms with E-state index in [-0.39, 0.29) is 5.56 Å². The van der Waals surface area contributed by atoms with Gasteiger partial charge in [0.05, 0.1) is 0 Å². The molecule has 0 saturated heterocycles. The average molecular weight is 315 g/mol. The van der Waals surface area contributed by atoms with E-state index in [2.05, 4.69) is 10.1 Å². The topological polar surface area (TPSA) is 65.8 Å². The molecule has 0 saturated carbocycles. The van der Waals surface area contributed by atoms with Gasteiger partial charge in [0.1, 0.15) is 5.71 Å². The second-order valence-electron chi connectivity index (χ2n) is 6.14. The molecule has 0 fully saturated rings. The second kappa shape index (κ2) is 5.05. The molecule has 1 aliphatic rings. The van der Waals surface area contributed by atoms with Crippen LogP contribution in [0.25, 0.3) is 0 Å². The molecule has 0 aromatic carbocycles.